The monoisotopic (exact) mass is 319 g/mol. The fraction of sp³-hybridized carbons (Fsp3) is 0.294. The molecule has 0 spiro atoms. The van der Waals surface area contributed by atoms with Crippen LogP contribution in [0.4, 0.5) is 5.69 Å². The van der Waals surface area contributed by atoms with E-state index in [1.165, 1.54) is 7.11 Å². The summed E-state index contributed by atoms with van der Waals surface area (Å²) in [6.45, 7) is 5.95. The minimum Gasteiger partial charge on any atom is -0.495 e. The van der Waals surface area contributed by atoms with Crippen molar-refractivity contribution in [2.45, 2.75) is 31.6 Å². The van der Waals surface area contributed by atoms with Crippen LogP contribution in [0.2, 0.25) is 0 Å². The number of methoxy groups -OCH3 is 1. The van der Waals surface area contributed by atoms with Crippen molar-refractivity contribution in [3.8, 4) is 5.75 Å². The normalized spacial score (nSPS) is 11.5. The first-order valence-electron chi connectivity index (χ1n) is 7.11. The van der Waals surface area contributed by atoms with Crippen LogP contribution in [0.25, 0.3) is 0 Å². The summed E-state index contributed by atoms with van der Waals surface area (Å²) >= 11 is 0. The molecule has 2 aromatic rings. The molecule has 118 valence electrons. The predicted molar refractivity (Wildman–Crippen MR) is 89.1 cm³/mol. The number of aryl methyl sites for hydroxylation is 1. The minimum absolute atomic E-state index is 0.155. The van der Waals surface area contributed by atoms with Crippen LogP contribution in [0, 0.1) is 6.92 Å². The van der Waals surface area contributed by atoms with Gasteiger partial charge >= 0.3 is 0 Å². The first-order chi connectivity index (χ1) is 10.3. The molecular weight excluding hydrogens is 298 g/mol. The van der Waals surface area contributed by atoms with Crippen LogP contribution >= 0.6 is 0 Å². The number of nitrogens with one attached hydrogen (secondary N) is 1. The highest BCUT2D eigenvalue weighted by atomic mass is 32.2. The maximum absolute atomic E-state index is 12.7. The van der Waals surface area contributed by atoms with Gasteiger partial charge in [-0.15, -0.1) is 0 Å². The molecule has 0 aromatic heterocycles. The number of hydrogen-bond acceptors (Lipinski definition) is 3. The van der Waals surface area contributed by atoms with Crippen molar-refractivity contribution in [1.82, 2.24) is 0 Å². The van der Waals surface area contributed by atoms with E-state index in [9.17, 15) is 8.42 Å². The van der Waals surface area contributed by atoms with Crippen molar-refractivity contribution in [1.29, 1.82) is 0 Å². The van der Waals surface area contributed by atoms with Crippen LogP contribution in [0.5, 0.6) is 5.75 Å². The standard InChI is InChI=1S/C17H21NO3S/c1-12(2)14-8-9-16(21-4)17(11-14)22(19,20)18-15-7-5-6-13(3)10-15/h5-12,18H,1-4H3. The Kier molecular flexibility index (Phi) is 4.76. The highest BCUT2D eigenvalue weighted by Gasteiger charge is 2.21. The third-order valence-corrected chi connectivity index (χ3v) is 4.82. The van der Waals surface area contributed by atoms with E-state index in [4.69, 9.17) is 4.74 Å². The highest BCUT2D eigenvalue weighted by Crippen LogP contribution is 2.29. The molecule has 0 aliphatic carbocycles. The van der Waals surface area contributed by atoms with Crippen molar-refractivity contribution in [3.63, 3.8) is 0 Å². The van der Waals surface area contributed by atoms with Crippen LogP contribution in [-0.4, -0.2) is 15.5 Å². The molecule has 0 saturated carbocycles. The van der Waals surface area contributed by atoms with Crippen molar-refractivity contribution in [2.24, 2.45) is 0 Å². The van der Waals surface area contributed by atoms with Gasteiger partial charge in [0.1, 0.15) is 10.6 Å². The first kappa shape index (κ1) is 16.4. The van der Waals surface area contributed by atoms with Gasteiger partial charge in [0.15, 0.2) is 0 Å². The van der Waals surface area contributed by atoms with Gasteiger partial charge in [0.05, 0.1) is 7.11 Å². The summed E-state index contributed by atoms with van der Waals surface area (Å²) in [6, 6.07) is 12.5. The Hall–Kier alpha value is -2.01. The summed E-state index contributed by atoms with van der Waals surface area (Å²) in [5, 5.41) is 0. The van der Waals surface area contributed by atoms with Gasteiger partial charge in [-0.2, -0.15) is 0 Å². The average molecular weight is 319 g/mol. The van der Waals surface area contributed by atoms with E-state index in [2.05, 4.69) is 4.72 Å². The van der Waals surface area contributed by atoms with E-state index in [1.54, 1.807) is 24.3 Å². The highest BCUT2D eigenvalue weighted by molar-refractivity contribution is 7.92. The van der Waals surface area contributed by atoms with Crippen molar-refractivity contribution >= 4 is 15.7 Å². The molecule has 0 amide bonds. The van der Waals surface area contributed by atoms with Crippen LogP contribution < -0.4 is 9.46 Å². The Morgan fingerprint density at radius 2 is 1.82 bits per heavy atom. The molecule has 1 N–H and O–H groups in total. The van der Waals surface area contributed by atoms with Crippen molar-refractivity contribution in [2.75, 3.05) is 11.8 Å². The maximum atomic E-state index is 12.7. The molecule has 0 aliphatic heterocycles. The van der Waals surface area contributed by atoms with Gasteiger partial charge < -0.3 is 4.74 Å². The predicted octanol–water partition coefficient (Wildman–Crippen LogP) is 3.93. The molecule has 2 aromatic carbocycles. The molecule has 0 atom stereocenters. The van der Waals surface area contributed by atoms with Gasteiger partial charge in [-0.3, -0.25) is 4.72 Å². The topological polar surface area (TPSA) is 55.4 Å². The number of anilines is 1. The van der Waals surface area contributed by atoms with Gasteiger partial charge in [0.2, 0.25) is 0 Å². The van der Waals surface area contributed by atoms with E-state index in [1.807, 2.05) is 39.0 Å². The lowest BCUT2D eigenvalue weighted by Crippen LogP contribution is -2.14. The number of sulfonamides is 1. The second-order valence-corrected chi connectivity index (χ2v) is 7.19. The second kappa shape index (κ2) is 6.40. The number of benzene rings is 2. The van der Waals surface area contributed by atoms with Crippen LogP contribution in [0.1, 0.15) is 30.9 Å². The smallest absolute Gasteiger partial charge is 0.265 e. The Labute approximate surface area is 132 Å². The molecule has 0 aliphatic rings. The molecule has 0 heterocycles. The fourth-order valence-electron chi connectivity index (χ4n) is 2.18. The van der Waals surface area contributed by atoms with Crippen molar-refractivity contribution < 1.29 is 13.2 Å². The Morgan fingerprint density at radius 1 is 1.09 bits per heavy atom. The maximum Gasteiger partial charge on any atom is 0.265 e. The summed E-state index contributed by atoms with van der Waals surface area (Å²) in [5.74, 6) is 0.573. The summed E-state index contributed by atoms with van der Waals surface area (Å²) in [4.78, 5) is 0.155. The average Bonchev–Trinajstić information content (AvgIpc) is 2.46. The van der Waals surface area contributed by atoms with E-state index in [-0.39, 0.29) is 10.8 Å². The zero-order valence-electron chi connectivity index (χ0n) is 13.3. The fourth-order valence-corrected chi connectivity index (χ4v) is 3.44. The van der Waals surface area contributed by atoms with Gasteiger partial charge in [-0.25, -0.2) is 8.42 Å². The van der Waals surface area contributed by atoms with E-state index >= 15 is 0 Å². The number of hydrogen-bond donors (Lipinski definition) is 1. The SMILES string of the molecule is COc1ccc(C(C)C)cc1S(=O)(=O)Nc1cccc(C)c1. The lowest BCUT2D eigenvalue weighted by molar-refractivity contribution is 0.402. The quantitative estimate of drug-likeness (QED) is 0.908. The summed E-state index contributed by atoms with van der Waals surface area (Å²) in [6.07, 6.45) is 0. The summed E-state index contributed by atoms with van der Waals surface area (Å²) < 4.78 is 33.2. The Morgan fingerprint density at radius 3 is 2.41 bits per heavy atom. The number of rotatable bonds is 5. The molecule has 2 rings (SSSR count). The molecule has 4 nitrogen and oxygen atoms in total. The lowest BCUT2D eigenvalue weighted by atomic mass is 10.0. The van der Waals surface area contributed by atoms with Gasteiger partial charge in [-0.05, 0) is 48.2 Å². The minimum atomic E-state index is -3.70. The molecule has 0 fully saturated rings. The zero-order valence-corrected chi connectivity index (χ0v) is 14.1. The Balaban J connectivity index is 2.46. The van der Waals surface area contributed by atoms with E-state index in [0.29, 0.717) is 11.4 Å². The van der Waals surface area contributed by atoms with Crippen molar-refractivity contribution in [3.05, 3.63) is 53.6 Å². The number of ether oxygens (including phenoxy) is 1. The van der Waals surface area contributed by atoms with Gasteiger partial charge in [0.25, 0.3) is 10.0 Å². The van der Waals surface area contributed by atoms with Crippen LogP contribution in [0.3, 0.4) is 0 Å². The van der Waals surface area contributed by atoms with Crippen LogP contribution in [0.15, 0.2) is 47.4 Å². The molecule has 0 bridgehead atoms. The molecule has 0 unspecified atom stereocenters. The molecule has 0 saturated heterocycles. The summed E-state index contributed by atoms with van der Waals surface area (Å²) in [5.41, 5.74) is 2.48. The van der Waals surface area contributed by atoms with Gasteiger partial charge in [0, 0.05) is 5.69 Å². The molecule has 5 heteroatoms. The molecular formula is C17H21NO3S. The van der Waals surface area contributed by atoms with Gasteiger partial charge in [-0.1, -0.05) is 32.0 Å². The zero-order chi connectivity index (χ0) is 16.3. The third-order valence-electron chi connectivity index (χ3n) is 3.41. The van der Waals surface area contributed by atoms with Crippen LogP contribution in [-0.2, 0) is 10.0 Å². The summed E-state index contributed by atoms with van der Waals surface area (Å²) in [7, 11) is -2.24. The largest absolute Gasteiger partial charge is 0.495 e. The molecule has 22 heavy (non-hydrogen) atoms. The van der Waals surface area contributed by atoms with E-state index in [0.717, 1.165) is 11.1 Å². The molecule has 0 radical (unpaired) electrons. The second-order valence-electron chi connectivity index (χ2n) is 5.54. The Bertz CT molecular complexity index is 767. The third kappa shape index (κ3) is 3.60. The van der Waals surface area contributed by atoms with E-state index < -0.39 is 10.0 Å². The first-order valence-corrected chi connectivity index (χ1v) is 8.59. The lowest BCUT2D eigenvalue weighted by Gasteiger charge is -2.14.